The van der Waals surface area contributed by atoms with Gasteiger partial charge in [0.15, 0.2) is 5.82 Å². The van der Waals surface area contributed by atoms with Gasteiger partial charge in [-0.3, -0.25) is 4.79 Å². The first kappa shape index (κ1) is 18.4. The largest absolute Gasteiger partial charge is 0.358 e. The summed E-state index contributed by atoms with van der Waals surface area (Å²) in [5.41, 5.74) is 0.678. The summed E-state index contributed by atoms with van der Waals surface area (Å²) in [4.78, 5) is 24.1. The second-order valence-electron chi connectivity index (χ2n) is 5.26. The molecule has 1 rings (SSSR count). The van der Waals surface area contributed by atoms with Gasteiger partial charge in [-0.05, 0) is 24.4 Å². The van der Waals surface area contributed by atoms with E-state index in [4.69, 9.17) is 11.6 Å². The van der Waals surface area contributed by atoms with Gasteiger partial charge in [-0.2, -0.15) is 4.98 Å². The number of allylic oxidation sites excluding steroid dienone is 1. The van der Waals surface area contributed by atoms with Crippen molar-refractivity contribution in [2.24, 2.45) is 0 Å². The Morgan fingerprint density at radius 3 is 2.77 bits per heavy atom. The highest BCUT2D eigenvalue weighted by atomic mass is 35.5. The minimum absolute atomic E-state index is 0.00836. The van der Waals surface area contributed by atoms with Crippen LogP contribution in [0.4, 0.5) is 11.5 Å². The van der Waals surface area contributed by atoms with Crippen LogP contribution in [0.5, 0.6) is 0 Å². The number of amides is 1. The molecule has 22 heavy (non-hydrogen) atoms. The number of nitrogens with zero attached hydrogens (tertiary/aromatic N) is 4. The summed E-state index contributed by atoms with van der Waals surface area (Å²) < 4.78 is 0. The fourth-order valence-electron chi connectivity index (χ4n) is 2.10. The Labute approximate surface area is 138 Å². The predicted molar refractivity (Wildman–Crippen MR) is 92.7 cm³/mol. The van der Waals surface area contributed by atoms with E-state index in [9.17, 15) is 4.79 Å². The van der Waals surface area contributed by atoms with Crippen molar-refractivity contribution in [1.82, 2.24) is 9.97 Å². The van der Waals surface area contributed by atoms with Gasteiger partial charge in [-0.15, -0.1) is 6.58 Å². The quantitative estimate of drug-likeness (QED) is 0.395. The standard InChI is InChI=1S/C16H25ClN4O/c1-5-7-9-11-20(3)15-13(12-18-16(17)19-15)21(4)14(22)10-8-6-2/h6,12H,2,5,7-11H2,1,3-4H3. The average Bonchev–Trinajstić information content (AvgIpc) is 2.51. The molecule has 1 aromatic rings. The van der Waals surface area contributed by atoms with Gasteiger partial charge < -0.3 is 9.80 Å². The molecule has 1 aromatic heterocycles. The van der Waals surface area contributed by atoms with Gasteiger partial charge in [-0.25, -0.2) is 4.98 Å². The molecule has 1 amide bonds. The molecule has 0 bridgehead atoms. The maximum absolute atomic E-state index is 12.2. The monoisotopic (exact) mass is 324 g/mol. The van der Waals surface area contributed by atoms with E-state index >= 15 is 0 Å². The van der Waals surface area contributed by atoms with Crippen LogP contribution in [-0.4, -0.2) is 36.5 Å². The molecule has 0 aliphatic heterocycles. The van der Waals surface area contributed by atoms with Gasteiger partial charge in [0.2, 0.25) is 11.2 Å². The molecule has 5 nitrogen and oxygen atoms in total. The lowest BCUT2D eigenvalue weighted by Gasteiger charge is -2.25. The van der Waals surface area contributed by atoms with Crippen molar-refractivity contribution in [3.05, 3.63) is 24.1 Å². The number of hydrogen-bond acceptors (Lipinski definition) is 4. The van der Waals surface area contributed by atoms with Crippen molar-refractivity contribution in [1.29, 1.82) is 0 Å². The predicted octanol–water partition coefficient (Wildman–Crippen LogP) is 3.69. The third-order valence-electron chi connectivity index (χ3n) is 3.48. The molecule has 6 heteroatoms. The van der Waals surface area contributed by atoms with E-state index in [-0.39, 0.29) is 11.2 Å². The van der Waals surface area contributed by atoms with Gasteiger partial charge in [-0.1, -0.05) is 25.8 Å². The highest BCUT2D eigenvalue weighted by Crippen LogP contribution is 2.27. The molecule has 0 spiro atoms. The summed E-state index contributed by atoms with van der Waals surface area (Å²) in [6, 6.07) is 0. The molecule has 0 saturated heterocycles. The van der Waals surface area contributed by atoms with Crippen LogP contribution in [-0.2, 0) is 4.79 Å². The van der Waals surface area contributed by atoms with E-state index in [0.29, 0.717) is 24.3 Å². The van der Waals surface area contributed by atoms with Crippen LogP contribution in [0.1, 0.15) is 39.0 Å². The SMILES string of the molecule is C=CCCC(=O)N(C)c1cnc(Cl)nc1N(C)CCCCC. The van der Waals surface area contributed by atoms with Crippen LogP contribution in [0.3, 0.4) is 0 Å². The Balaban J connectivity index is 2.93. The van der Waals surface area contributed by atoms with Crippen LogP contribution >= 0.6 is 11.6 Å². The number of hydrogen-bond donors (Lipinski definition) is 0. The lowest BCUT2D eigenvalue weighted by Crippen LogP contribution is -2.30. The fourth-order valence-corrected chi connectivity index (χ4v) is 2.22. The van der Waals surface area contributed by atoms with E-state index in [1.165, 1.54) is 0 Å². The lowest BCUT2D eigenvalue weighted by molar-refractivity contribution is -0.118. The molecule has 0 saturated carbocycles. The van der Waals surface area contributed by atoms with Crippen molar-refractivity contribution in [3.63, 3.8) is 0 Å². The van der Waals surface area contributed by atoms with Crippen molar-refractivity contribution in [2.75, 3.05) is 30.4 Å². The highest BCUT2D eigenvalue weighted by Gasteiger charge is 2.18. The maximum Gasteiger partial charge on any atom is 0.227 e. The smallest absolute Gasteiger partial charge is 0.227 e. The van der Waals surface area contributed by atoms with Crippen molar-refractivity contribution >= 4 is 29.0 Å². The Hall–Kier alpha value is -1.62. The third-order valence-corrected chi connectivity index (χ3v) is 3.66. The molecule has 122 valence electrons. The zero-order valence-electron chi connectivity index (χ0n) is 13.7. The average molecular weight is 325 g/mol. The number of anilines is 2. The van der Waals surface area contributed by atoms with Crippen LogP contribution < -0.4 is 9.80 Å². The number of rotatable bonds is 9. The minimum atomic E-state index is 0.00836. The summed E-state index contributed by atoms with van der Waals surface area (Å²) in [5.74, 6) is 0.694. The fraction of sp³-hybridized carbons (Fsp3) is 0.562. The van der Waals surface area contributed by atoms with Crippen molar-refractivity contribution in [3.8, 4) is 0 Å². The van der Waals surface area contributed by atoms with Crippen LogP contribution in [0.2, 0.25) is 5.28 Å². The molecule has 0 unspecified atom stereocenters. The summed E-state index contributed by atoms with van der Waals surface area (Å²) in [5, 5.41) is 0.188. The Bertz CT molecular complexity index is 507. The second kappa shape index (κ2) is 9.41. The number of carbonyl (C=O) groups excluding carboxylic acids is 1. The van der Waals surface area contributed by atoms with E-state index < -0.39 is 0 Å². The summed E-state index contributed by atoms with van der Waals surface area (Å²) in [6.07, 6.45) is 7.80. The molecule has 0 aliphatic rings. The molecule has 0 atom stereocenters. The number of aromatic nitrogens is 2. The van der Waals surface area contributed by atoms with Crippen LogP contribution in [0, 0.1) is 0 Å². The van der Waals surface area contributed by atoms with Crippen LogP contribution in [0.15, 0.2) is 18.9 Å². The Kier molecular flexibility index (Phi) is 7.88. The maximum atomic E-state index is 12.2. The molecule has 0 aliphatic carbocycles. The zero-order chi connectivity index (χ0) is 16.5. The number of unbranched alkanes of at least 4 members (excludes halogenated alkanes) is 2. The van der Waals surface area contributed by atoms with Gasteiger partial charge in [0.1, 0.15) is 5.69 Å². The van der Waals surface area contributed by atoms with E-state index in [1.807, 2.05) is 11.9 Å². The van der Waals surface area contributed by atoms with E-state index in [1.54, 1.807) is 24.2 Å². The number of halogens is 1. The Morgan fingerprint density at radius 2 is 2.14 bits per heavy atom. The normalized spacial score (nSPS) is 10.4. The van der Waals surface area contributed by atoms with E-state index in [0.717, 1.165) is 25.8 Å². The molecule has 0 fully saturated rings. The first-order chi connectivity index (χ1) is 10.5. The molecular formula is C16H25ClN4O. The van der Waals surface area contributed by atoms with Gasteiger partial charge in [0.05, 0.1) is 6.20 Å². The summed E-state index contributed by atoms with van der Waals surface area (Å²) >= 11 is 5.92. The number of carbonyl (C=O) groups is 1. The Morgan fingerprint density at radius 1 is 1.41 bits per heavy atom. The molecule has 1 heterocycles. The highest BCUT2D eigenvalue weighted by molar-refractivity contribution is 6.28. The molecule has 0 radical (unpaired) electrons. The molecular weight excluding hydrogens is 300 g/mol. The van der Waals surface area contributed by atoms with Crippen molar-refractivity contribution in [2.45, 2.75) is 39.0 Å². The zero-order valence-corrected chi connectivity index (χ0v) is 14.4. The van der Waals surface area contributed by atoms with Gasteiger partial charge >= 0.3 is 0 Å². The minimum Gasteiger partial charge on any atom is -0.358 e. The summed E-state index contributed by atoms with van der Waals surface area (Å²) in [7, 11) is 3.70. The first-order valence-electron chi connectivity index (χ1n) is 7.62. The third kappa shape index (κ3) is 5.30. The topological polar surface area (TPSA) is 49.3 Å². The molecule has 0 N–H and O–H groups in total. The van der Waals surface area contributed by atoms with Gasteiger partial charge in [0.25, 0.3) is 0 Å². The first-order valence-corrected chi connectivity index (χ1v) is 8.00. The molecule has 0 aromatic carbocycles. The van der Waals surface area contributed by atoms with E-state index in [2.05, 4.69) is 23.5 Å². The van der Waals surface area contributed by atoms with Crippen LogP contribution in [0.25, 0.3) is 0 Å². The summed E-state index contributed by atoms with van der Waals surface area (Å²) in [6.45, 7) is 6.67. The van der Waals surface area contributed by atoms with Crippen molar-refractivity contribution < 1.29 is 4.79 Å². The second-order valence-corrected chi connectivity index (χ2v) is 5.59. The van der Waals surface area contributed by atoms with Gasteiger partial charge in [0, 0.05) is 27.1 Å². The lowest BCUT2D eigenvalue weighted by atomic mass is 10.2.